The Bertz CT molecular complexity index is 607. The van der Waals surface area contributed by atoms with E-state index in [4.69, 9.17) is 11.6 Å². The summed E-state index contributed by atoms with van der Waals surface area (Å²) in [6.45, 7) is 4.19. The second-order valence-corrected chi connectivity index (χ2v) is 5.97. The van der Waals surface area contributed by atoms with Gasteiger partial charge in [0.1, 0.15) is 11.3 Å². The van der Waals surface area contributed by atoms with Crippen LogP contribution in [0.3, 0.4) is 0 Å². The first kappa shape index (κ1) is 13.8. The van der Waals surface area contributed by atoms with Crippen LogP contribution in [0, 0.1) is 6.92 Å². The van der Waals surface area contributed by atoms with Gasteiger partial charge in [-0.2, -0.15) is 0 Å². The number of hydrogen-bond donors (Lipinski definition) is 0. The molecule has 0 saturated carbocycles. The summed E-state index contributed by atoms with van der Waals surface area (Å²) in [6, 6.07) is 2.56. The maximum Gasteiger partial charge on any atom is 0.160 e. The lowest BCUT2D eigenvalue weighted by atomic mass is 10.0. The SMILES string of the molecule is Cc1ccnc2c1nc(CCl)n2CC1CCCCN1C. The Kier molecular flexibility index (Phi) is 3.94. The fourth-order valence-corrected chi connectivity index (χ4v) is 3.27. The van der Waals surface area contributed by atoms with E-state index >= 15 is 0 Å². The van der Waals surface area contributed by atoms with Crippen LogP contribution in [0.5, 0.6) is 0 Å². The van der Waals surface area contributed by atoms with Gasteiger partial charge in [0.2, 0.25) is 0 Å². The van der Waals surface area contributed by atoms with Crippen LogP contribution in [0.2, 0.25) is 0 Å². The molecule has 0 aromatic carbocycles. The molecule has 108 valence electrons. The Hall–Kier alpha value is -1.13. The molecule has 0 N–H and O–H groups in total. The quantitative estimate of drug-likeness (QED) is 0.816. The Balaban J connectivity index is 1.99. The first-order valence-corrected chi connectivity index (χ1v) is 7.81. The Labute approximate surface area is 124 Å². The van der Waals surface area contributed by atoms with E-state index in [1.54, 1.807) is 0 Å². The molecule has 0 amide bonds. The smallest absolute Gasteiger partial charge is 0.160 e. The molecule has 3 rings (SSSR count). The number of likely N-dealkylation sites (tertiary alicyclic amines) is 1. The van der Waals surface area contributed by atoms with Gasteiger partial charge in [-0.15, -0.1) is 11.6 Å². The summed E-state index contributed by atoms with van der Waals surface area (Å²) < 4.78 is 2.21. The van der Waals surface area contributed by atoms with Crippen molar-refractivity contribution in [2.45, 2.75) is 44.7 Å². The number of aryl methyl sites for hydroxylation is 1. The monoisotopic (exact) mass is 292 g/mol. The first-order chi connectivity index (χ1) is 9.70. The van der Waals surface area contributed by atoms with Crippen molar-refractivity contribution in [3.05, 3.63) is 23.7 Å². The predicted octanol–water partition coefficient (Wildman–Crippen LogP) is 2.96. The number of pyridine rings is 1. The minimum atomic E-state index is 0.437. The van der Waals surface area contributed by atoms with Gasteiger partial charge in [0.25, 0.3) is 0 Å². The number of rotatable bonds is 3. The van der Waals surface area contributed by atoms with Crippen LogP contribution in [-0.4, -0.2) is 39.1 Å². The molecule has 0 bridgehead atoms. The zero-order chi connectivity index (χ0) is 14.1. The molecule has 0 radical (unpaired) electrons. The Morgan fingerprint density at radius 2 is 2.25 bits per heavy atom. The molecular formula is C15H21ClN4. The van der Waals surface area contributed by atoms with Gasteiger partial charge in [0.05, 0.1) is 5.88 Å². The van der Waals surface area contributed by atoms with E-state index in [0.717, 1.165) is 29.1 Å². The van der Waals surface area contributed by atoms with Crippen molar-refractivity contribution < 1.29 is 0 Å². The third-order valence-electron chi connectivity index (χ3n) is 4.35. The number of likely N-dealkylation sites (N-methyl/N-ethyl adjacent to an activating group) is 1. The number of alkyl halides is 1. The van der Waals surface area contributed by atoms with Crippen LogP contribution >= 0.6 is 11.6 Å². The fourth-order valence-electron chi connectivity index (χ4n) is 3.06. The highest BCUT2D eigenvalue weighted by Crippen LogP contribution is 2.22. The standard InChI is InChI=1S/C15H21ClN4/c1-11-6-7-17-15-14(11)18-13(9-16)20(15)10-12-5-3-4-8-19(12)2/h6-7,12H,3-5,8-10H2,1-2H3. The lowest BCUT2D eigenvalue weighted by molar-refractivity contribution is 0.167. The highest BCUT2D eigenvalue weighted by molar-refractivity contribution is 6.16. The molecule has 5 heteroatoms. The molecule has 1 atom stereocenters. The number of piperidine rings is 1. The molecule has 1 unspecified atom stereocenters. The molecule has 2 aromatic rings. The zero-order valence-electron chi connectivity index (χ0n) is 12.1. The Morgan fingerprint density at radius 1 is 1.40 bits per heavy atom. The summed E-state index contributed by atoms with van der Waals surface area (Å²) in [5, 5.41) is 0. The minimum absolute atomic E-state index is 0.437. The topological polar surface area (TPSA) is 34.0 Å². The highest BCUT2D eigenvalue weighted by atomic mass is 35.5. The lowest BCUT2D eigenvalue weighted by Gasteiger charge is -2.33. The van der Waals surface area contributed by atoms with Gasteiger partial charge < -0.3 is 9.47 Å². The molecule has 1 aliphatic rings. The van der Waals surface area contributed by atoms with E-state index in [2.05, 4.69) is 33.4 Å². The maximum atomic E-state index is 6.09. The molecule has 4 nitrogen and oxygen atoms in total. The van der Waals surface area contributed by atoms with Crippen molar-refractivity contribution in [1.29, 1.82) is 0 Å². The molecule has 1 fully saturated rings. The maximum absolute atomic E-state index is 6.09. The third-order valence-corrected chi connectivity index (χ3v) is 4.59. The number of fused-ring (bicyclic) bond motifs is 1. The molecule has 0 aliphatic carbocycles. The predicted molar refractivity (Wildman–Crippen MR) is 82.1 cm³/mol. The van der Waals surface area contributed by atoms with E-state index < -0.39 is 0 Å². The summed E-state index contributed by atoms with van der Waals surface area (Å²) in [6.07, 6.45) is 5.71. The highest BCUT2D eigenvalue weighted by Gasteiger charge is 2.22. The van der Waals surface area contributed by atoms with Crippen LogP contribution in [0.4, 0.5) is 0 Å². The summed E-state index contributed by atoms with van der Waals surface area (Å²) in [5.74, 6) is 1.37. The Morgan fingerprint density at radius 3 is 3.00 bits per heavy atom. The first-order valence-electron chi connectivity index (χ1n) is 7.27. The number of imidazole rings is 1. The summed E-state index contributed by atoms with van der Waals surface area (Å²) in [7, 11) is 2.21. The van der Waals surface area contributed by atoms with E-state index in [1.165, 1.54) is 25.8 Å². The molecule has 3 heterocycles. The van der Waals surface area contributed by atoms with Gasteiger partial charge in [0.15, 0.2) is 5.65 Å². The normalized spacial score (nSPS) is 20.6. The average molecular weight is 293 g/mol. The van der Waals surface area contributed by atoms with E-state index in [1.807, 2.05) is 12.3 Å². The minimum Gasteiger partial charge on any atom is -0.310 e. The summed E-state index contributed by atoms with van der Waals surface area (Å²) in [4.78, 5) is 11.6. The van der Waals surface area contributed by atoms with E-state index in [0.29, 0.717) is 11.9 Å². The second kappa shape index (κ2) is 5.70. The number of halogens is 1. The van der Waals surface area contributed by atoms with Gasteiger partial charge >= 0.3 is 0 Å². The van der Waals surface area contributed by atoms with E-state index in [9.17, 15) is 0 Å². The van der Waals surface area contributed by atoms with Gasteiger partial charge in [-0.3, -0.25) is 0 Å². The number of aromatic nitrogens is 3. The average Bonchev–Trinajstić information content (AvgIpc) is 2.81. The van der Waals surface area contributed by atoms with Crippen molar-refractivity contribution in [2.75, 3.05) is 13.6 Å². The van der Waals surface area contributed by atoms with Crippen LogP contribution in [0.1, 0.15) is 30.7 Å². The van der Waals surface area contributed by atoms with Gasteiger partial charge in [0, 0.05) is 18.8 Å². The molecule has 1 saturated heterocycles. The van der Waals surface area contributed by atoms with Crippen molar-refractivity contribution in [3.8, 4) is 0 Å². The van der Waals surface area contributed by atoms with E-state index in [-0.39, 0.29) is 0 Å². The number of hydrogen-bond acceptors (Lipinski definition) is 3. The zero-order valence-corrected chi connectivity index (χ0v) is 12.9. The van der Waals surface area contributed by atoms with Gasteiger partial charge in [-0.25, -0.2) is 9.97 Å². The molecule has 20 heavy (non-hydrogen) atoms. The molecule has 0 spiro atoms. The van der Waals surface area contributed by atoms with Crippen LogP contribution in [0.25, 0.3) is 11.2 Å². The molecular weight excluding hydrogens is 272 g/mol. The second-order valence-electron chi connectivity index (χ2n) is 5.70. The van der Waals surface area contributed by atoms with Crippen molar-refractivity contribution in [2.24, 2.45) is 0 Å². The largest absolute Gasteiger partial charge is 0.310 e. The molecule has 2 aromatic heterocycles. The van der Waals surface area contributed by atoms with Crippen LogP contribution in [-0.2, 0) is 12.4 Å². The summed E-state index contributed by atoms with van der Waals surface area (Å²) >= 11 is 6.09. The van der Waals surface area contributed by atoms with Gasteiger partial charge in [-0.05, 0) is 45.0 Å². The van der Waals surface area contributed by atoms with Gasteiger partial charge in [-0.1, -0.05) is 6.42 Å². The fraction of sp³-hybridized carbons (Fsp3) is 0.600. The van der Waals surface area contributed by atoms with Crippen molar-refractivity contribution >= 4 is 22.8 Å². The third kappa shape index (κ3) is 2.42. The number of nitrogens with zero attached hydrogens (tertiary/aromatic N) is 4. The summed E-state index contributed by atoms with van der Waals surface area (Å²) in [5.41, 5.74) is 3.12. The van der Waals surface area contributed by atoms with Crippen molar-refractivity contribution in [1.82, 2.24) is 19.4 Å². The molecule has 1 aliphatic heterocycles. The van der Waals surface area contributed by atoms with Crippen LogP contribution < -0.4 is 0 Å². The lowest BCUT2D eigenvalue weighted by Crippen LogP contribution is -2.39. The van der Waals surface area contributed by atoms with Crippen LogP contribution in [0.15, 0.2) is 12.3 Å². The van der Waals surface area contributed by atoms with Crippen molar-refractivity contribution in [3.63, 3.8) is 0 Å².